The van der Waals surface area contributed by atoms with Gasteiger partial charge in [0, 0.05) is 23.7 Å². The van der Waals surface area contributed by atoms with E-state index in [0.29, 0.717) is 18.5 Å². The zero-order chi connectivity index (χ0) is 12.3. The Bertz CT molecular complexity index is 486. The second kappa shape index (κ2) is 5.19. The first kappa shape index (κ1) is 11.9. The summed E-state index contributed by atoms with van der Waals surface area (Å²) < 4.78 is 0. The quantitative estimate of drug-likeness (QED) is 0.843. The molecule has 3 N–H and O–H groups in total. The molecule has 0 radical (unpaired) electrons. The highest BCUT2D eigenvalue weighted by molar-refractivity contribution is 5.93. The molecule has 0 heterocycles. The third-order valence-corrected chi connectivity index (χ3v) is 3.19. The van der Waals surface area contributed by atoms with Crippen molar-refractivity contribution in [2.24, 2.45) is 11.7 Å². The van der Waals surface area contributed by atoms with Crippen LogP contribution in [0.1, 0.15) is 13.8 Å². The summed E-state index contributed by atoms with van der Waals surface area (Å²) >= 11 is 0. The van der Waals surface area contributed by atoms with Crippen molar-refractivity contribution in [2.75, 3.05) is 11.9 Å². The standard InChI is InChI=1S/C15H20N2/c1-11(2)15(10-16)17-14-9-5-7-12-6-3-4-8-13(12)14/h3-9,11,15,17H,10,16H2,1-2H3. The Kier molecular flexibility index (Phi) is 3.64. The van der Waals surface area contributed by atoms with Crippen molar-refractivity contribution >= 4 is 16.5 Å². The summed E-state index contributed by atoms with van der Waals surface area (Å²) in [6.45, 7) is 5.03. The Balaban J connectivity index is 2.35. The van der Waals surface area contributed by atoms with Crippen molar-refractivity contribution in [3.63, 3.8) is 0 Å². The maximum Gasteiger partial charge on any atom is 0.0422 e. The Morgan fingerprint density at radius 2 is 1.76 bits per heavy atom. The minimum Gasteiger partial charge on any atom is -0.380 e. The summed E-state index contributed by atoms with van der Waals surface area (Å²) in [5.41, 5.74) is 6.98. The van der Waals surface area contributed by atoms with Gasteiger partial charge in [0.1, 0.15) is 0 Å². The zero-order valence-corrected chi connectivity index (χ0v) is 10.5. The molecule has 0 aliphatic carbocycles. The van der Waals surface area contributed by atoms with Crippen LogP contribution in [-0.4, -0.2) is 12.6 Å². The van der Waals surface area contributed by atoms with Crippen molar-refractivity contribution in [1.29, 1.82) is 0 Å². The van der Waals surface area contributed by atoms with E-state index in [1.807, 2.05) is 0 Å². The van der Waals surface area contributed by atoms with E-state index >= 15 is 0 Å². The van der Waals surface area contributed by atoms with Crippen molar-refractivity contribution in [1.82, 2.24) is 0 Å². The largest absolute Gasteiger partial charge is 0.380 e. The molecule has 2 rings (SSSR count). The first-order valence-electron chi connectivity index (χ1n) is 6.16. The van der Waals surface area contributed by atoms with E-state index < -0.39 is 0 Å². The molecule has 0 aromatic heterocycles. The Hall–Kier alpha value is -1.54. The molecule has 0 spiro atoms. The fourth-order valence-electron chi connectivity index (χ4n) is 2.05. The third kappa shape index (κ3) is 2.59. The van der Waals surface area contributed by atoms with E-state index in [2.05, 4.69) is 61.6 Å². The Morgan fingerprint density at radius 1 is 1.06 bits per heavy atom. The topological polar surface area (TPSA) is 38.0 Å². The lowest BCUT2D eigenvalue weighted by Gasteiger charge is -2.22. The molecule has 0 fully saturated rings. The number of hydrogen-bond acceptors (Lipinski definition) is 2. The predicted octanol–water partition coefficient (Wildman–Crippen LogP) is 3.24. The van der Waals surface area contributed by atoms with Crippen LogP contribution in [0.2, 0.25) is 0 Å². The molecule has 17 heavy (non-hydrogen) atoms. The second-order valence-corrected chi connectivity index (χ2v) is 4.76. The van der Waals surface area contributed by atoms with E-state index in [4.69, 9.17) is 5.73 Å². The third-order valence-electron chi connectivity index (χ3n) is 3.19. The van der Waals surface area contributed by atoms with Gasteiger partial charge in [0.05, 0.1) is 0 Å². The number of nitrogens with two attached hydrogens (primary N) is 1. The maximum atomic E-state index is 5.80. The highest BCUT2D eigenvalue weighted by Gasteiger charge is 2.11. The van der Waals surface area contributed by atoms with Gasteiger partial charge in [0.2, 0.25) is 0 Å². The van der Waals surface area contributed by atoms with Gasteiger partial charge in [-0.2, -0.15) is 0 Å². The summed E-state index contributed by atoms with van der Waals surface area (Å²) in [5, 5.41) is 6.07. The molecule has 1 unspecified atom stereocenters. The molecule has 0 bridgehead atoms. The van der Waals surface area contributed by atoms with Gasteiger partial charge >= 0.3 is 0 Å². The van der Waals surface area contributed by atoms with Gasteiger partial charge in [-0.25, -0.2) is 0 Å². The highest BCUT2D eigenvalue weighted by Crippen LogP contribution is 2.24. The zero-order valence-electron chi connectivity index (χ0n) is 10.5. The second-order valence-electron chi connectivity index (χ2n) is 4.76. The number of anilines is 1. The van der Waals surface area contributed by atoms with Gasteiger partial charge in [-0.05, 0) is 17.4 Å². The summed E-state index contributed by atoms with van der Waals surface area (Å²) in [6.07, 6.45) is 0. The number of nitrogens with one attached hydrogen (secondary N) is 1. The minimum atomic E-state index is 0.320. The van der Waals surface area contributed by atoms with E-state index in [-0.39, 0.29) is 0 Å². The van der Waals surface area contributed by atoms with Gasteiger partial charge in [-0.1, -0.05) is 50.2 Å². The minimum absolute atomic E-state index is 0.320. The van der Waals surface area contributed by atoms with Crippen molar-refractivity contribution in [3.8, 4) is 0 Å². The van der Waals surface area contributed by atoms with E-state index in [1.54, 1.807) is 0 Å². The number of rotatable bonds is 4. The average Bonchev–Trinajstić information content (AvgIpc) is 2.35. The fourth-order valence-corrected chi connectivity index (χ4v) is 2.05. The first-order chi connectivity index (χ1) is 8.22. The van der Waals surface area contributed by atoms with Crippen LogP contribution < -0.4 is 11.1 Å². The molecule has 0 saturated carbocycles. The lowest BCUT2D eigenvalue weighted by atomic mass is 10.0. The van der Waals surface area contributed by atoms with Gasteiger partial charge in [-0.3, -0.25) is 0 Å². The average molecular weight is 228 g/mol. The SMILES string of the molecule is CC(C)C(CN)Nc1cccc2ccccc12. The van der Waals surface area contributed by atoms with E-state index in [0.717, 1.165) is 0 Å². The van der Waals surface area contributed by atoms with Crippen LogP contribution in [0, 0.1) is 5.92 Å². The highest BCUT2D eigenvalue weighted by atomic mass is 14.9. The van der Waals surface area contributed by atoms with Crippen LogP contribution in [0.15, 0.2) is 42.5 Å². The molecule has 2 aromatic carbocycles. The molecular weight excluding hydrogens is 208 g/mol. The lowest BCUT2D eigenvalue weighted by molar-refractivity contribution is 0.532. The molecule has 90 valence electrons. The molecule has 2 aromatic rings. The number of benzene rings is 2. The molecule has 2 heteroatoms. The van der Waals surface area contributed by atoms with Crippen LogP contribution >= 0.6 is 0 Å². The number of fused-ring (bicyclic) bond motifs is 1. The van der Waals surface area contributed by atoms with Gasteiger partial charge in [-0.15, -0.1) is 0 Å². The smallest absolute Gasteiger partial charge is 0.0422 e. The Labute approximate surface area is 103 Å². The molecule has 0 aliphatic heterocycles. The molecule has 0 saturated heterocycles. The summed E-state index contributed by atoms with van der Waals surface area (Å²) in [5.74, 6) is 0.527. The van der Waals surface area contributed by atoms with E-state index in [1.165, 1.54) is 16.5 Å². The van der Waals surface area contributed by atoms with Crippen molar-refractivity contribution in [3.05, 3.63) is 42.5 Å². The normalized spacial score (nSPS) is 12.9. The molecular formula is C15H20N2. The van der Waals surface area contributed by atoms with Gasteiger partial charge in [0.15, 0.2) is 0 Å². The summed E-state index contributed by atoms with van der Waals surface area (Å²) in [6, 6.07) is 15.1. The van der Waals surface area contributed by atoms with Crippen LogP contribution in [0.25, 0.3) is 10.8 Å². The lowest BCUT2D eigenvalue weighted by Crippen LogP contribution is -2.33. The fraction of sp³-hybridized carbons (Fsp3) is 0.333. The van der Waals surface area contributed by atoms with Crippen LogP contribution in [0.4, 0.5) is 5.69 Å². The van der Waals surface area contributed by atoms with Gasteiger partial charge < -0.3 is 11.1 Å². The first-order valence-corrected chi connectivity index (χ1v) is 6.16. The van der Waals surface area contributed by atoms with Crippen LogP contribution in [-0.2, 0) is 0 Å². The van der Waals surface area contributed by atoms with Crippen molar-refractivity contribution in [2.45, 2.75) is 19.9 Å². The summed E-state index contributed by atoms with van der Waals surface area (Å²) in [4.78, 5) is 0. The summed E-state index contributed by atoms with van der Waals surface area (Å²) in [7, 11) is 0. The molecule has 2 nitrogen and oxygen atoms in total. The van der Waals surface area contributed by atoms with Crippen molar-refractivity contribution < 1.29 is 0 Å². The van der Waals surface area contributed by atoms with Crippen LogP contribution in [0.3, 0.4) is 0 Å². The monoisotopic (exact) mass is 228 g/mol. The predicted molar refractivity (Wildman–Crippen MR) is 75.3 cm³/mol. The molecule has 1 atom stereocenters. The maximum absolute atomic E-state index is 5.80. The number of hydrogen-bond donors (Lipinski definition) is 2. The van der Waals surface area contributed by atoms with Gasteiger partial charge in [0.25, 0.3) is 0 Å². The van der Waals surface area contributed by atoms with E-state index in [9.17, 15) is 0 Å². The molecule has 0 amide bonds. The Morgan fingerprint density at radius 3 is 2.47 bits per heavy atom. The van der Waals surface area contributed by atoms with Crippen LogP contribution in [0.5, 0.6) is 0 Å². The molecule has 0 aliphatic rings.